The number of likely N-dealkylation sites (tertiary alicyclic amines) is 1. The molecule has 3 amide bonds. The first-order chi connectivity index (χ1) is 16.4. The number of piperidine rings is 1. The van der Waals surface area contributed by atoms with Gasteiger partial charge in [-0.15, -0.1) is 11.3 Å². The van der Waals surface area contributed by atoms with Crippen LogP contribution in [-0.2, 0) is 32.0 Å². The molecule has 3 N–H and O–H groups in total. The summed E-state index contributed by atoms with van der Waals surface area (Å²) in [6, 6.07) is 9.57. The Morgan fingerprint density at radius 2 is 1.85 bits per heavy atom. The van der Waals surface area contributed by atoms with Crippen LogP contribution in [0.3, 0.4) is 0 Å². The van der Waals surface area contributed by atoms with Gasteiger partial charge in [-0.25, -0.2) is 0 Å². The van der Waals surface area contributed by atoms with E-state index < -0.39 is 24.4 Å². The number of nitrogens with two attached hydrogens (primary N) is 1. The summed E-state index contributed by atoms with van der Waals surface area (Å²) < 4.78 is 5.21. The quantitative estimate of drug-likeness (QED) is 0.466. The van der Waals surface area contributed by atoms with Crippen LogP contribution in [0.2, 0.25) is 0 Å². The van der Waals surface area contributed by atoms with Crippen molar-refractivity contribution < 1.29 is 23.9 Å². The molecule has 34 heavy (non-hydrogen) atoms. The fourth-order valence-electron chi connectivity index (χ4n) is 4.34. The van der Waals surface area contributed by atoms with Crippen LogP contribution in [0.25, 0.3) is 6.08 Å². The molecule has 8 nitrogen and oxygen atoms in total. The van der Waals surface area contributed by atoms with Crippen molar-refractivity contribution >= 4 is 46.1 Å². The van der Waals surface area contributed by atoms with Gasteiger partial charge in [0.25, 0.3) is 11.8 Å². The van der Waals surface area contributed by atoms with E-state index in [1.165, 1.54) is 11.3 Å². The maximum absolute atomic E-state index is 12.4. The van der Waals surface area contributed by atoms with Gasteiger partial charge in [-0.2, -0.15) is 0 Å². The molecule has 0 atom stereocenters. The molecule has 0 spiro atoms. The number of rotatable bonds is 7. The summed E-state index contributed by atoms with van der Waals surface area (Å²) in [6.07, 6.45) is 6.89. The number of hydrogen-bond acceptors (Lipinski definition) is 6. The molecule has 1 aromatic carbocycles. The summed E-state index contributed by atoms with van der Waals surface area (Å²) >= 11 is 1.36. The Kier molecular flexibility index (Phi) is 7.42. The van der Waals surface area contributed by atoms with Crippen molar-refractivity contribution in [3.05, 3.63) is 58.0 Å². The molecule has 2 aliphatic rings. The average molecular weight is 482 g/mol. The number of esters is 1. The summed E-state index contributed by atoms with van der Waals surface area (Å²) in [5.74, 6) is -1.98. The number of carbonyl (C=O) groups is 4. The molecule has 2 aromatic rings. The van der Waals surface area contributed by atoms with Crippen LogP contribution in [0, 0.1) is 5.92 Å². The Balaban J connectivity index is 1.22. The van der Waals surface area contributed by atoms with Gasteiger partial charge in [0.05, 0.1) is 11.5 Å². The van der Waals surface area contributed by atoms with Crippen molar-refractivity contribution in [1.29, 1.82) is 0 Å². The normalized spacial score (nSPS) is 15.8. The number of ether oxygens (including phenoxy) is 1. The summed E-state index contributed by atoms with van der Waals surface area (Å²) in [6.45, 7) is 0.470. The largest absolute Gasteiger partial charge is 0.455 e. The van der Waals surface area contributed by atoms with Crippen molar-refractivity contribution in [2.24, 2.45) is 11.7 Å². The van der Waals surface area contributed by atoms with Crippen LogP contribution in [0.15, 0.2) is 36.4 Å². The predicted molar refractivity (Wildman–Crippen MR) is 129 cm³/mol. The zero-order valence-corrected chi connectivity index (χ0v) is 19.6. The second kappa shape index (κ2) is 10.6. The van der Waals surface area contributed by atoms with E-state index in [2.05, 4.69) is 5.32 Å². The number of nitrogens with one attached hydrogen (secondary N) is 1. The maximum Gasteiger partial charge on any atom is 0.309 e. The lowest BCUT2D eigenvalue weighted by atomic mass is 9.97. The van der Waals surface area contributed by atoms with Gasteiger partial charge in [-0.1, -0.05) is 30.3 Å². The van der Waals surface area contributed by atoms with E-state index in [1.807, 2.05) is 30.3 Å². The summed E-state index contributed by atoms with van der Waals surface area (Å²) in [4.78, 5) is 51.8. The third kappa shape index (κ3) is 5.53. The minimum Gasteiger partial charge on any atom is -0.455 e. The van der Waals surface area contributed by atoms with E-state index in [0.29, 0.717) is 36.5 Å². The van der Waals surface area contributed by atoms with Gasteiger partial charge in [0.15, 0.2) is 6.61 Å². The Labute approximate surface area is 201 Å². The van der Waals surface area contributed by atoms with Crippen LogP contribution in [0.5, 0.6) is 0 Å². The van der Waals surface area contributed by atoms with E-state index in [0.717, 1.165) is 35.3 Å². The highest BCUT2D eigenvalue weighted by Crippen LogP contribution is 2.38. The van der Waals surface area contributed by atoms with Crippen molar-refractivity contribution in [2.75, 3.05) is 25.0 Å². The third-order valence-corrected chi connectivity index (χ3v) is 7.33. The van der Waals surface area contributed by atoms with Gasteiger partial charge in [-0.05, 0) is 49.3 Å². The molecule has 178 valence electrons. The number of amides is 3. The van der Waals surface area contributed by atoms with Gasteiger partial charge >= 0.3 is 5.97 Å². The topological polar surface area (TPSA) is 119 Å². The number of carbonyl (C=O) groups excluding carboxylic acids is 4. The predicted octanol–water partition coefficient (Wildman–Crippen LogP) is 2.77. The number of nitrogens with zero attached hydrogens (tertiary/aromatic N) is 1. The summed E-state index contributed by atoms with van der Waals surface area (Å²) in [7, 11) is 0. The number of hydrogen-bond donors (Lipinski definition) is 2. The molecule has 1 fully saturated rings. The van der Waals surface area contributed by atoms with Crippen molar-refractivity contribution in [1.82, 2.24) is 4.90 Å². The minimum atomic E-state index is -0.563. The van der Waals surface area contributed by atoms with Crippen LogP contribution in [0.4, 0.5) is 5.00 Å². The lowest BCUT2D eigenvalue weighted by Crippen LogP contribution is -2.40. The highest BCUT2D eigenvalue weighted by Gasteiger charge is 2.29. The number of anilines is 1. The SMILES string of the molecule is NC(=O)c1c(NC(=O)COC(=O)C2CCN(C(=O)/C=C/c3ccccc3)CC2)sc2c1CCC2. The standard InChI is InChI=1S/C25H27N3O5S/c26-23(31)22-18-7-4-8-19(18)34-24(22)27-20(29)15-33-25(32)17-11-13-28(14-12-17)21(30)10-9-16-5-2-1-3-6-16/h1-3,5-6,9-10,17H,4,7-8,11-15H2,(H2,26,31)(H,27,29)/b10-9+. The smallest absolute Gasteiger partial charge is 0.309 e. The lowest BCUT2D eigenvalue weighted by molar-refractivity contribution is -0.153. The van der Waals surface area contributed by atoms with Crippen LogP contribution < -0.4 is 11.1 Å². The molecular formula is C25H27N3O5S. The fraction of sp³-hybridized carbons (Fsp3) is 0.360. The highest BCUT2D eigenvalue weighted by molar-refractivity contribution is 7.17. The van der Waals surface area contributed by atoms with E-state index in [1.54, 1.807) is 17.1 Å². The molecule has 9 heteroatoms. The Bertz CT molecular complexity index is 1120. The fourth-order valence-corrected chi connectivity index (χ4v) is 5.65. The molecule has 1 aromatic heterocycles. The Hall–Kier alpha value is -3.46. The zero-order chi connectivity index (χ0) is 24.1. The van der Waals surface area contributed by atoms with E-state index >= 15 is 0 Å². The molecule has 0 saturated carbocycles. The summed E-state index contributed by atoms with van der Waals surface area (Å²) in [5.41, 5.74) is 7.75. The molecule has 0 unspecified atom stereocenters. The van der Waals surface area contributed by atoms with Gasteiger partial charge < -0.3 is 20.7 Å². The van der Waals surface area contributed by atoms with Gasteiger partial charge in [0, 0.05) is 24.0 Å². The highest BCUT2D eigenvalue weighted by atomic mass is 32.1. The van der Waals surface area contributed by atoms with Crippen molar-refractivity contribution in [3.63, 3.8) is 0 Å². The third-order valence-electron chi connectivity index (χ3n) is 6.12. The van der Waals surface area contributed by atoms with Crippen molar-refractivity contribution in [3.8, 4) is 0 Å². The molecule has 1 saturated heterocycles. The molecule has 0 bridgehead atoms. The molecule has 1 aliphatic carbocycles. The van der Waals surface area contributed by atoms with E-state index in [4.69, 9.17) is 10.5 Å². The first kappa shape index (κ1) is 23.7. The molecule has 1 aliphatic heterocycles. The summed E-state index contributed by atoms with van der Waals surface area (Å²) in [5, 5.41) is 3.09. The van der Waals surface area contributed by atoms with Crippen LogP contribution in [0.1, 0.15) is 45.6 Å². The molecule has 0 radical (unpaired) electrons. The number of fused-ring (bicyclic) bond motifs is 1. The Morgan fingerprint density at radius 3 is 2.56 bits per heavy atom. The number of aryl methyl sites for hydroxylation is 1. The second-order valence-corrected chi connectivity index (χ2v) is 9.53. The number of benzene rings is 1. The molecule has 4 rings (SSSR count). The van der Waals surface area contributed by atoms with Crippen molar-refractivity contribution in [2.45, 2.75) is 32.1 Å². The zero-order valence-electron chi connectivity index (χ0n) is 18.7. The van der Waals surface area contributed by atoms with E-state index in [9.17, 15) is 19.2 Å². The first-order valence-corrected chi connectivity index (χ1v) is 12.2. The first-order valence-electron chi connectivity index (χ1n) is 11.3. The molecular weight excluding hydrogens is 454 g/mol. The molecule has 2 heterocycles. The number of thiophene rings is 1. The minimum absolute atomic E-state index is 0.0943. The second-order valence-electron chi connectivity index (χ2n) is 8.43. The van der Waals surface area contributed by atoms with Crippen LogP contribution in [-0.4, -0.2) is 48.3 Å². The van der Waals surface area contributed by atoms with E-state index in [-0.39, 0.29) is 11.8 Å². The van der Waals surface area contributed by atoms with Gasteiger partial charge in [-0.3, -0.25) is 19.2 Å². The number of primary amides is 1. The average Bonchev–Trinajstić information content (AvgIpc) is 3.42. The van der Waals surface area contributed by atoms with Gasteiger partial charge in [0.2, 0.25) is 5.91 Å². The van der Waals surface area contributed by atoms with Gasteiger partial charge in [0.1, 0.15) is 5.00 Å². The maximum atomic E-state index is 12.4. The van der Waals surface area contributed by atoms with Crippen LogP contribution >= 0.6 is 11.3 Å². The monoisotopic (exact) mass is 481 g/mol. The lowest BCUT2D eigenvalue weighted by Gasteiger charge is -2.30. The Morgan fingerprint density at radius 1 is 1.12 bits per heavy atom.